The molecule has 0 atom stereocenters. The maximum atomic E-state index is 12.0. The highest BCUT2D eigenvalue weighted by molar-refractivity contribution is 6.30. The summed E-state index contributed by atoms with van der Waals surface area (Å²) < 4.78 is 45.2. The van der Waals surface area contributed by atoms with E-state index in [0.717, 1.165) is 5.56 Å². The number of halogens is 4. The summed E-state index contributed by atoms with van der Waals surface area (Å²) >= 11 is 5.74. The maximum absolute atomic E-state index is 12.0. The van der Waals surface area contributed by atoms with E-state index in [1.54, 1.807) is 24.3 Å². The van der Waals surface area contributed by atoms with E-state index < -0.39 is 6.36 Å². The molecule has 6 heteroatoms. The average Bonchev–Trinajstić information content (AvgIpc) is 2.38. The fourth-order valence-corrected chi connectivity index (χ4v) is 1.61. The Balaban J connectivity index is 1.92. The maximum Gasteiger partial charge on any atom is 0.573 e. The van der Waals surface area contributed by atoms with Crippen LogP contribution >= 0.6 is 11.6 Å². The van der Waals surface area contributed by atoms with Gasteiger partial charge in [-0.1, -0.05) is 23.7 Å². The molecule has 0 spiro atoms. The van der Waals surface area contributed by atoms with Gasteiger partial charge in [-0.25, -0.2) is 0 Å². The van der Waals surface area contributed by atoms with Crippen LogP contribution in [-0.4, -0.2) is 6.36 Å². The average molecular weight is 303 g/mol. The lowest BCUT2D eigenvalue weighted by Gasteiger charge is -2.10. The molecule has 0 fully saturated rings. The molecule has 0 unspecified atom stereocenters. The zero-order valence-electron chi connectivity index (χ0n) is 10.2. The van der Waals surface area contributed by atoms with Gasteiger partial charge in [-0.2, -0.15) is 0 Å². The molecular formula is C14H10ClF3O2. The molecule has 0 saturated heterocycles. The largest absolute Gasteiger partial charge is 0.573 e. The molecule has 0 aliphatic rings. The van der Waals surface area contributed by atoms with Gasteiger partial charge in [0.1, 0.15) is 18.1 Å². The van der Waals surface area contributed by atoms with E-state index in [1.165, 1.54) is 24.3 Å². The zero-order valence-corrected chi connectivity index (χ0v) is 10.9. The third kappa shape index (κ3) is 4.66. The Morgan fingerprint density at radius 1 is 0.850 bits per heavy atom. The lowest BCUT2D eigenvalue weighted by molar-refractivity contribution is -0.274. The molecule has 0 bridgehead atoms. The molecule has 0 heterocycles. The van der Waals surface area contributed by atoms with E-state index >= 15 is 0 Å². The van der Waals surface area contributed by atoms with Gasteiger partial charge in [0.2, 0.25) is 0 Å². The minimum absolute atomic E-state index is 0.244. The molecule has 0 aliphatic heterocycles. The molecule has 0 amide bonds. The highest BCUT2D eigenvalue weighted by Gasteiger charge is 2.30. The second kappa shape index (κ2) is 6.05. The molecule has 2 aromatic carbocycles. The summed E-state index contributed by atoms with van der Waals surface area (Å²) in [5.74, 6) is 0.373. The molecule has 0 N–H and O–H groups in total. The second-order valence-corrected chi connectivity index (χ2v) is 4.37. The Hall–Kier alpha value is -1.88. The Kier molecular flexibility index (Phi) is 4.39. The first-order valence-electron chi connectivity index (χ1n) is 5.65. The van der Waals surface area contributed by atoms with E-state index in [-0.39, 0.29) is 12.4 Å². The van der Waals surface area contributed by atoms with E-state index in [0.29, 0.717) is 10.8 Å². The minimum atomic E-state index is -4.68. The number of hydrogen-bond acceptors (Lipinski definition) is 2. The van der Waals surface area contributed by atoms with Crippen molar-refractivity contribution in [3.05, 3.63) is 59.1 Å². The first-order valence-corrected chi connectivity index (χ1v) is 6.03. The van der Waals surface area contributed by atoms with Crippen molar-refractivity contribution in [3.63, 3.8) is 0 Å². The minimum Gasteiger partial charge on any atom is -0.489 e. The topological polar surface area (TPSA) is 18.5 Å². The van der Waals surface area contributed by atoms with Crippen LogP contribution in [0.25, 0.3) is 0 Å². The van der Waals surface area contributed by atoms with Crippen LogP contribution in [-0.2, 0) is 6.61 Å². The molecule has 0 aromatic heterocycles. The van der Waals surface area contributed by atoms with Crippen LogP contribution in [0.1, 0.15) is 5.56 Å². The van der Waals surface area contributed by atoms with E-state index in [4.69, 9.17) is 16.3 Å². The van der Waals surface area contributed by atoms with Gasteiger partial charge in [0.05, 0.1) is 0 Å². The third-order valence-corrected chi connectivity index (χ3v) is 2.63. The standard InChI is InChI=1S/C14H10ClF3O2/c15-11-3-7-12(8-4-11)19-9-10-1-5-13(6-2-10)20-14(16,17)18/h1-8H,9H2. The number of benzene rings is 2. The van der Waals surface area contributed by atoms with Crippen LogP contribution in [0.5, 0.6) is 11.5 Å². The number of rotatable bonds is 4. The van der Waals surface area contributed by atoms with Crippen molar-refractivity contribution >= 4 is 11.6 Å². The van der Waals surface area contributed by atoms with Gasteiger partial charge in [-0.15, -0.1) is 13.2 Å². The Morgan fingerprint density at radius 2 is 1.40 bits per heavy atom. The first kappa shape index (κ1) is 14.5. The summed E-state index contributed by atoms with van der Waals surface area (Å²) in [5, 5.41) is 0.603. The van der Waals surface area contributed by atoms with Crippen LogP contribution < -0.4 is 9.47 Å². The van der Waals surface area contributed by atoms with Crippen molar-refractivity contribution in [1.82, 2.24) is 0 Å². The van der Waals surface area contributed by atoms with Gasteiger partial charge < -0.3 is 9.47 Å². The zero-order chi connectivity index (χ0) is 14.6. The van der Waals surface area contributed by atoms with Crippen LogP contribution in [0.4, 0.5) is 13.2 Å². The molecule has 0 saturated carbocycles. The predicted octanol–water partition coefficient (Wildman–Crippen LogP) is 4.82. The van der Waals surface area contributed by atoms with Crippen molar-refractivity contribution < 1.29 is 22.6 Å². The van der Waals surface area contributed by atoms with Gasteiger partial charge in [0.15, 0.2) is 0 Å². The first-order chi connectivity index (χ1) is 9.42. The monoisotopic (exact) mass is 302 g/mol. The number of alkyl halides is 3. The lowest BCUT2D eigenvalue weighted by Crippen LogP contribution is -2.17. The van der Waals surface area contributed by atoms with Crippen molar-refractivity contribution in [1.29, 1.82) is 0 Å². The Morgan fingerprint density at radius 3 is 1.95 bits per heavy atom. The molecule has 2 aromatic rings. The molecule has 106 valence electrons. The van der Waals surface area contributed by atoms with E-state index in [2.05, 4.69) is 4.74 Å². The summed E-state index contributed by atoms with van der Waals surface area (Å²) in [6, 6.07) is 12.3. The fourth-order valence-electron chi connectivity index (χ4n) is 1.48. The third-order valence-electron chi connectivity index (χ3n) is 2.38. The Labute approximate surface area is 118 Å². The van der Waals surface area contributed by atoms with Gasteiger partial charge in [-0.05, 0) is 42.0 Å². The summed E-state index contributed by atoms with van der Waals surface area (Å²) in [6.07, 6.45) is -4.68. The normalized spacial score (nSPS) is 11.2. The number of ether oxygens (including phenoxy) is 2. The summed E-state index contributed by atoms with van der Waals surface area (Å²) in [4.78, 5) is 0. The van der Waals surface area contributed by atoms with Gasteiger partial charge >= 0.3 is 6.36 Å². The molecule has 2 rings (SSSR count). The molecule has 2 nitrogen and oxygen atoms in total. The molecular weight excluding hydrogens is 293 g/mol. The van der Waals surface area contributed by atoms with Gasteiger partial charge in [0.25, 0.3) is 0 Å². The lowest BCUT2D eigenvalue weighted by atomic mass is 10.2. The van der Waals surface area contributed by atoms with Gasteiger partial charge in [-0.3, -0.25) is 0 Å². The van der Waals surface area contributed by atoms with E-state index in [9.17, 15) is 13.2 Å². The van der Waals surface area contributed by atoms with Crippen molar-refractivity contribution in [2.75, 3.05) is 0 Å². The molecule has 0 aliphatic carbocycles. The van der Waals surface area contributed by atoms with Crippen molar-refractivity contribution in [2.45, 2.75) is 13.0 Å². The highest BCUT2D eigenvalue weighted by Crippen LogP contribution is 2.23. The summed E-state index contributed by atoms with van der Waals surface area (Å²) in [7, 11) is 0. The van der Waals surface area contributed by atoms with Crippen molar-refractivity contribution in [2.24, 2.45) is 0 Å². The second-order valence-electron chi connectivity index (χ2n) is 3.93. The van der Waals surface area contributed by atoms with Crippen LogP contribution in [0.3, 0.4) is 0 Å². The fraction of sp³-hybridized carbons (Fsp3) is 0.143. The summed E-state index contributed by atoms with van der Waals surface area (Å²) in [5.41, 5.74) is 0.731. The van der Waals surface area contributed by atoms with Crippen LogP contribution in [0, 0.1) is 0 Å². The smallest absolute Gasteiger partial charge is 0.489 e. The van der Waals surface area contributed by atoms with Gasteiger partial charge in [0, 0.05) is 5.02 Å². The van der Waals surface area contributed by atoms with Crippen LogP contribution in [0.15, 0.2) is 48.5 Å². The quantitative estimate of drug-likeness (QED) is 0.806. The van der Waals surface area contributed by atoms with Crippen molar-refractivity contribution in [3.8, 4) is 11.5 Å². The molecule has 20 heavy (non-hydrogen) atoms. The van der Waals surface area contributed by atoms with Crippen LogP contribution in [0.2, 0.25) is 5.02 Å². The number of hydrogen-bond donors (Lipinski definition) is 0. The predicted molar refractivity (Wildman–Crippen MR) is 68.9 cm³/mol. The Bertz CT molecular complexity index is 550. The highest BCUT2D eigenvalue weighted by atomic mass is 35.5. The molecule has 0 radical (unpaired) electrons. The SMILES string of the molecule is FC(F)(F)Oc1ccc(COc2ccc(Cl)cc2)cc1. The summed E-state index contributed by atoms with van der Waals surface area (Å²) in [6.45, 7) is 0.244. The van der Waals surface area contributed by atoms with E-state index in [1.807, 2.05) is 0 Å².